The van der Waals surface area contributed by atoms with E-state index >= 15 is 0 Å². The molecule has 4 heteroatoms. The molecule has 1 aliphatic heterocycles. The van der Waals surface area contributed by atoms with Gasteiger partial charge in [-0.2, -0.15) is 0 Å². The van der Waals surface area contributed by atoms with Gasteiger partial charge in [0.25, 0.3) is 5.91 Å². The summed E-state index contributed by atoms with van der Waals surface area (Å²) in [5, 5.41) is 0. The van der Waals surface area contributed by atoms with Crippen molar-refractivity contribution >= 4 is 23.3 Å². The molecule has 0 fully saturated rings. The number of alkyl halides is 1. The van der Waals surface area contributed by atoms with Crippen molar-refractivity contribution in [3.05, 3.63) is 59.8 Å². The predicted molar refractivity (Wildman–Crippen MR) is 66.1 cm³/mol. The maximum Gasteiger partial charge on any atom is 0.261 e. The Bertz CT molecular complexity index is 571. The highest BCUT2D eigenvalue weighted by molar-refractivity contribution is 6.29. The molecule has 0 aliphatic carbocycles. The van der Waals surface area contributed by atoms with E-state index in [-0.39, 0.29) is 5.91 Å². The molecular weight excluding hydrogens is 236 g/mol. The van der Waals surface area contributed by atoms with Crippen LogP contribution in [0.2, 0.25) is 0 Å². The van der Waals surface area contributed by atoms with E-state index < -0.39 is 5.50 Å². The summed E-state index contributed by atoms with van der Waals surface area (Å²) >= 11 is 6.30. The van der Waals surface area contributed by atoms with E-state index in [9.17, 15) is 4.79 Å². The summed E-state index contributed by atoms with van der Waals surface area (Å²) in [5.74, 6) is 0.480. The highest BCUT2D eigenvalue weighted by Gasteiger charge is 2.36. The fraction of sp³-hybridized carbons (Fsp3) is 0.0769. The smallest absolute Gasteiger partial charge is 0.261 e. The van der Waals surface area contributed by atoms with E-state index in [4.69, 9.17) is 11.6 Å². The number of fused-ring (bicyclic) bond motifs is 1. The van der Waals surface area contributed by atoms with Crippen LogP contribution >= 0.6 is 11.6 Å². The molecule has 0 bridgehead atoms. The van der Waals surface area contributed by atoms with Crippen LogP contribution < -0.4 is 4.90 Å². The van der Waals surface area contributed by atoms with Crippen LogP contribution in [-0.4, -0.2) is 10.9 Å². The third-order valence-corrected chi connectivity index (χ3v) is 3.22. The first-order valence-electron chi connectivity index (χ1n) is 5.26. The number of aromatic nitrogens is 1. The minimum absolute atomic E-state index is 0.0979. The molecule has 3 nitrogen and oxygen atoms in total. The van der Waals surface area contributed by atoms with Crippen LogP contribution in [0.1, 0.15) is 21.4 Å². The Morgan fingerprint density at radius 3 is 2.59 bits per heavy atom. The fourth-order valence-corrected chi connectivity index (χ4v) is 2.37. The average Bonchev–Trinajstić information content (AvgIpc) is 2.64. The van der Waals surface area contributed by atoms with Gasteiger partial charge in [-0.25, -0.2) is 4.98 Å². The zero-order chi connectivity index (χ0) is 11.8. The molecule has 17 heavy (non-hydrogen) atoms. The number of rotatable bonds is 1. The lowest BCUT2D eigenvalue weighted by atomic mass is 10.1. The van der Waals surface area contributed by atoms with Crippen molar-refractivity contribution in [2.75, 3.05) is 4.90 Å². The Hall–Kier alpha value is -1.87. The minimum Gasteiger partial charge on any atom is -0.271 e. The molecule has 1 atom stereocenters. The first kappa shape index (κ1) is 10.3. The van der Waals surface area contributed by atoms with E-state index in [0.29, 0.717) is 11.4 Å². The molecule has 0 radical (unpaired) electrons. The second kappa shape index (κ2) is 3.86. The molecular formula is C13H9ClN2O. The molecule has 0 spiro atoms. The Balaban J connectivity index is 2.10. The highest BCUT2D eigenvalue weighted by atomic mass is 35.5. The van der Waals surface area contributed by atoms with Gasteiger partial charge in [0.05, 0.1) is 0 Å². The van der Waals surface area contributed by atoms with Gasteiger partial charge in [-0.1, -0.05) is 35.9 Å². The van der Waals surface area contributed by atoms with E-state index in [2.05, 4.69) is 4.98 Å². The second-order valence-electron chi connectivity index (χ2n) is 3.79. The van der Waals surface area contributed by atoms with Crippen molar-refractivity contribution in [3.63, 3.8) is 0 Å². The first-order chi connectivity index (χ1) is 8.29. The van der Waals surface area contributed by atoms with Crippen molar-refractivity contribution in [3.8, 4) is 0 Å². The molecule has 84 valence electrons. The number of anilines is 1. The Morgan fingerprint density at radius 1 is 1.12 bits per heavy atom. The molecule has 0 saturated heterocycles. The lowest BCUT2D eigenvalue weighted by molar-refractivity contribution is 0.0995. The lowest BCUT2D eigenvalue weighted by Gasteiger charge is -2.18. The van der Waals surface area contributed by atoms with Gasteiger partial charge in [-0.05, 0) is 18.2 Å². The quantitative estimate of drug-likeness (QED) is 0.571. The summed E-state index contributed by atoms with van der Waals surface area (Å²) in [5.41, 5.74) is 1.01. The zero-order valence-electron chi connectivity index (χ0n) is 8.88. The van der Waals surface area contributed by atoms with Crippen LogP contribution in [0.5, 0.6) is 0 Å². The van der Waals surface area contributed by atoms with E-state index in [1.807, 2.05) is 24.3 Å². The van der Waals surface area contributed by atoms with Crippen molar-refractivity contribution in [1.29, 1.82) is 0 Å². The Kier molecular flexibility index (Phi) is 2.34. The van der Waals surface area contributed by atoms with Gasteiger partial charge in [-0.3, -0.25) is 9.69 Å². The van der Waals surface area contributed by atoms with Gasteiger partial charge >= 0.3 is 0 Å². The van der Waals surface area contributed by atoms with Crippen LogP contribution in [-0.2, 0) is 0 Å². The number of pyridine rings is 1. The minimum atomic E-state index is -0.478. The zero-order valence-corrected chi connectivity index (χ0v) is 9.63. The summed E-state index contributed by atoms with van der Waals surface area (Å²) in [6.45, 7) is 0. The summed E-state index contributed by atoms with van der Waals surface area (Å²) in [7, 11) is 0. The fourth-order valence-electron chi connectivity index (χ4n) is 1.99. The Labute approximate surface area is 104 Å². The van der Waals surface area contributed by atoms with Crippen LogP contribution in [0, 0.1) is 0 Å². The van der Waals surface area contributed by atoms with E-state index in [0.717, 1.165) is 5.56 Å². The van der Waals surface area contributed by atoms with Gasteiger partial charge in [0.2, 0.25) is 0 Å². The largest absolute Gasteiger partial charge is 0.271 e. The lowest BCUT2D eigenvalue weighted by Crippen LogP contribution is -2.25. The maximum absolute atomic E-state index is 12.2. The number of halogens is 1. The average molecular weight is 245 g/mol. The number of benzene rings is 1. The standard InChI is InChI=1S/C13H9ClN2O/c14-12-9-5-1-2-6-10(9)13(17)16(12)11-7-3-4-8-15-11/h1-8,12H/t12-/m1/s1. The van der Waals surface area contributed by atoms with Gasteiger partial charge in [-0.15, -0.1) is 0 Å². The van der Waals surface area contributed by atoms with Crippen LogP contribution in [0.25, 0.3) is 0 Å². The molecule has 2 aromatic rings. The number of hydrogen-bond donors (Lipinski definition) is 0. The number of amides is 1. The molecule has 1 aromatic heterocycles. The number of hydrogen-bond acceptors (Lipinski definition) is 2. The third kappa shape index (κ3) is 1.51. The Morgan fingerprint density at radius 2 is 1.88 bits per heavy atom. The van der Waals surface area contributed by atoms with Crippen molar-refractivity contribution < 1.29 is 4.79 Å². The maximum atomic E-state index is 12.2. The van der Waals surface area contributed by atoms with Crippen LogP contribution in [0.4, 0.5) is 5.82 Å². The first-order valence-corrected chi connectivity index (χ1v) is 5.70. The third-order valence-electron chi connectivity index (χ3n) is 2.79. The molecule has 3 rings (SSSR count). The molecule has 0 N–H and O–H groups in total. The van der Waals surface area contributed by atoms with Crippen LogP contribution in [0.3, 0.4) is 0 Å². The van der Waals surface area contributed by atoms with Crippen molar-refractivity contribution in [1.82, 2.24) is 4.98 Å². The van der Waals surface area contributed by atoms with Crippen molar-refractivity contribution in [2.24, 2.45) is 0 Å². The molecule has 2 heterocycles. The van der Waals surface area contributed by atoms with Gasteiger partial charge in [0.1, 0.15) is 11.3 Å². The van der Waals surface area contributed by atoms with Gasteiger partial charge in [0.15, 0.2) is 0 Å². The van der Waals surface area contributed by atoms with Crippen molar-refractivity contribution in [2.45, 2.75) is 5.50 Å². The monoisotopic (exact) mass is 244 g/mol. The second-order valence-corrected chi connectivity index (χ2v) is 4.20. The molecule has 0 unspecified atom stereocenters. The number of carbonyl (C=O) groups excluding carboxylic acids is 1. The van der Waals surface area contributed by atoms with Gasteiger partial charge < -0.3 is 0 Å². The summed E-state index contributed by atoms with van der Waals surface area (Å²) in [6.07, 6.45) is 1.65. The molecule has 1 aliphatic rings. The van der Waals surface area contributed by atoms with Crippen LogP contribution in [0.15, 0.2) is 48.7 Å². The summed E-state index contributed by atoms with van der Waals surface area (Å²) in [4.78, 5) is 17.9. The normalized spacial score (nSPS) is 18.3. The highest BCUT2D eigenvalue weighted by Crippen LogP contribution is 2.38. The number of carbonyl (C=O) groups is 1. The summed E-state index contributed by atoms with van der Waals surface area (Å²) < 4.78 is 0. The van der Waals surface area contributed by atoms with E-state index in [1.165, 1.54) is 4.90 Å². The number of nitrogens with zero attached hydrogens (tertiary/aromatic N) is 2. The SMILES string of the molecule is O=C1c2ccccc2[C@H](Cl)N1c1ccccn1. The summed E-state index contributed by atoms with van der Waals surface area (Å²) in [6, 6.07) is 12.8. The molecule has 1 aromatic carbocycles. The predicted octanol–water partition coefficient (Wildman–Crippen LogP) is 2.98. The van der Waals surface area contributed by atoms with Gasteiger partial charge in [0, 0.05) is 17.3 Å². The van der Waals surface area contributed by atoms with E-state index in [1.54, 1.807) is 24.4 Å². The topological polar surface area (TPSA) is 33.2 Å². The molecule has 0 saturated carbocycles. The molecule has 1 amide bonds.